The normalized spacial score (nSPS) is 9.88. The number of nitrogens with zero attached hydrogens (tertiary/aromatic N) is 1. The average Bonchev–Trinajstić information content (AvgIpc) is 2.35. The SMILES string of the molecule is CCN(CC)CCOc1ccc(OC)cc1.Cl. The first-order valence-electron chi connectivity index (χ1n) is 5.79. The number of halogens is 1. The fourth-order valence-electron chi connectivity index (χ4n) is 1.50. The largest absolute Gasteiger partial charge is 0.497 e. The summed E-state index contributed by atoms with van der Waals surface area (Å²) in [5, 5.41) is 0. The van der Waals surface area contributed by atoms with Crippen LogP contribution in [-0.2, 0) is 0 Å². The van der Waals surface area contributed by atoms with Crippen molar-refractivity contribution in [3.05, 3.63) is 24.3 Å². The molecule has 0 radical (unpaired) electrons. The van der Waals surface area contributed by atoms with Gasteiger partial charge in [-0.25, -0.2) is 0 Å². The van der Waals surface area contributed by atoms with Gasteiger partial charge in [-0.2, -0.15) is 0 Å². The number of rotatable bonds is 7. The molecule has 0 aliphatic heterocycles. The van der Waals surface area contributed by atoms with Crippen LogP contribution in [0.5, 0.6) is 11.5 Å². The number of ether oxygens (including phenoxy) is 2. The van der Waals surface area contributed by atoms with Crippen LogP contribution in [0, 0.1) is 0 Å². The summed E-state index contributed by atoms with van der Waals surface area (Å²) in [4.78, 5) is 2.34. The molecular formula is C13H22ClNO2. The Morgan fingerprint density at radius 2 is 1.53 bits per heavy atom. The first-order valence-corrected chi connectivity index (χ1v) is 5.79. The van der Waals surface area contributed by atoms with Gasteiger partial charge in [0, 0.05) is 6.54 Å². The van der Waals surface area contributed by atoms with Crippen LogP contribution >= 0.6 is 12.4 Å². The molecule has 0 heterocycles. The quantitative estimate of drug-likeness (QED) is 0.752. The highest BCUT2D eigenvalue weighted by atomic mass is 35.5. The molecule has 1 aromatic rings. The van der Waals surface area contributed by atoms with Crippen LogP contribution in [0.25, 0.3) is 0 Å². The molecule has 0 N–H and O–H groups in total. The summed E-state index contributed by atoms with van der Waals surface area (Å²) in [5.74, 6) is 1.75. The van der Waals surface area contributed by atoms with E-state index in [1.165, 1.54) is 0 Å². The highest BCUT2D eigenvalue weighted by Crippen LogP contribution is 2.16. The van der Waals surface area contributed by atoms with Gasteiger partial charge in [0.25, 0.3) is 0 Å². The predicted octanol–water partition coefficient (Wildman–Crippen LogP) is 2.84. The van der Waals surface area contributed by atoms with Crippen LogP contribution in [0.4, 0.5) is 0 Å². The first kappa shape index (κ1) is 16.1. The van der Waals surface area contributed by atoms with E-state index < -0.39 is 0 Å². The van der Waals surface area contributed by atoms with Gasteiger partial charge in [-0.3, -0.25) is 0 Å². The second kappa shape index (κ2) is 9.14. The summed E-state index contributed by atoms with van der Waals surface area (Å²) in [6, 6.07) is 7.68. The molecule has 0 aromatic heterocycles. The zero-order valence-corrected chi connectivity index (χ0v) is 11.6. The third-order valence-electron chi connectivity index (χ3n) is 2.63. The van der Waals surface area contributed by atoms with Crippen molar-refractivity contribution in [3.63, 3.8) is 0 Å². The Kier molecular flexibility index (Phi) is 8.64. The number of hydrogen-bond donors (Lipinski definition) is 0. The van der Waals surface area contributed by atoms with Crippen molar-refractivity contribution in [1.29, 1.82) is 0 Å². The van der Waals surface area contributed by atoms with Gasteiger partial charge < -0.3 is 14.4 Å². The van der Waals surface area contributed by atoms with Crippen molar-refractivity contribution >= 4 is 12.4 Å². The zero-order valence-electron chi connectivity index (χ0n) is 10.8. The maximum absolute atomic E-state index is 5.64. The Bertz CT molecular complexity index is 286. The van der Waals surface area contributed by atoms with E-state index in [-0.39, 0.29) is 12.4 Å². The maximum atomic E-state index is 5.64. The molecule has 1 rings (SSSR count). The molecular weight excluding hydrogens is 238 g/mol. The summed E-state index contributed by atoms with van der Waals surface area (Å²) < 4.78 is 10.7. The molecule has 0 spiro atoms. The fraction of sp³-hybridized carbons (Fsp3) is 0.538. The van der Waals surface area contributed by atoms with Crippen molar-refractivity contribution in [2.45, 2.75) is 13.8 Å². The van der Waals surface area contributed by atoms with Gasteiger partial charge in [0.15, 0.2) is 0 Å². The van der Waals surface area contributed by atoms with Crippen molar-refractivity contribution in [2.24, 2.45) is 0 Å². The average molecular weight is 260 g/mol. The molecule has 0 saturated heterocycles. The van der Waals surface area contributed by atoms with Crippen LogP contribution in [0.3, 0.4) is 0 Å². The Labute approximate surface area is 110 Å². The van der Waals surface area contributed by atoms with Gasteiger partial charge in [0.2, 0.25) is 0 Å². The third kappa shape index (κ3) is 5.80. The molecule has 0 atom stereocenters. The molecule has 0 aliphatic carbocycles. The van der Waals surface area contributed by atoms with Crippen LogP contribution in [0.1, 0.15) is 13.8 Å². The van der Waals surface area contributed by atoms with Crippen LogP contribution < -0.4 is 9.47 Å². The highest BCUT2D eigenvalue weighted by molar-refractivity contribution is 5.85. The Morgan fingerprint density at radius 3 is 2.00 bits per heavy atom. The molecule has 1 aromatic carbocycles. The van der Waals surface area contributed by atoms with E-state index >= 15 is 0 Å². The second-order valence-corrected chi connectivity index (χ2v) is 3.55. The number of benzene rings is 1. The lowest BCUT2D eigenvalue weighted by Crippen LogP contribution is -2.27. The smallest absolute Gasteiger partial charge is 0.119 e. The van der Waals surface area contributed by atoms with Crippen molar-refractivity contribution in [3.8, 4) is 11.5 Å². The third-order valence-corrected chi connectivity index (χ3v) is 2.63. The minimum absolute atomic E-state index is 0. The molecule has 98 valence electrons. The standard InChI is InChI=1S/C13H21NO2.ClH/c1-4-14(5-2)10-11-16-13-8-6-12(15-3)7-9-13;/h6-9H,4-5,10-11H2,1-3H3;1H. The van der Waals surface area contributed by atoms with Gasteiger partial charge in [0.1, 0.15) is 18.1 Å². The highest BCUT2D eigenvalue weighted by Gasteiger charge is 1.99. The minimum atomic E-state index is 0. The molecule has 3 nitrogen and oxygen atoms in total. The molecule has 0 unspecified atom stereocenters. The Hall–Kier alpha value is -0.930. The summed E-state index contributed by atoms with van der Waals surface area (Å²) in [7, 11) is 1.66. The van der Waals surface area contributed by atoms with Gasteiger partial charge in [-0.05, 0) is 37.4 Å². The molecule has 17 heavy (non-hydrogen) atoms. The summed E-state index contributed by atoms with van der Waals surface area (Å²) >= 11 is 0. The topological polar surface area (TPSA) is 21.7 Å². The number of hydrogen-bond acceptors (Lipinski definition) is 3. The van der Waals surface area contributed by atoms with E-state index in [9.17, 15) is 0 Å². The van der Waals surface area contributed by atoms with E-state index in [1.54, 1.807) is 7.11 Å². The number of methoxy groups -OCH3 is 1. The van der Waals surface area contributed by atoms with Crippen molar-refractivity contribution < 1.29 is 9.47 Å². The van der Waals surface area contributed by atoms with Crippen molar-refractivity contribution in [2.75, 3.05) is 33.4 Å². The van der Waals surface area contributed by atoms with E-state index in [2.05, 4.69) is 18.7 Å². The van der Waals surface area contributed by atoms with Gasteiger partial charge in [-0.15, -0.1) is 12.4 Å². The van der Waals surface area contributed by atoms with E-state index in [1.807, 2.05) is 24.3 Å². The first-order chi connectivity index (χ1) is 7.80. The van der Waals surface area contributed by atoms with Gasteiger partial charge in [0.05, 0.1) is 7.11 Å². The minimum Gasteiger partial charge on any atom is -0.497 e. The lowest BCUT2D eigenvalue weighted by Gasteiger charge is -2.17. The summed E-state index contributed by atoms with van der Waals surface area (Å²) in [6.07, 6.45) is 0. The van der Waals surface area contributed by atoms with E-state index in [0.29, 0.717) is 0 Å². The molecule has 0 amide bonds. The summed E-state index contributed by atoms with van der Waals surface area (Å²) in [6.45, 7) is 8.17. The predicted molar refractivity (Wildman–Crippen MR) is 73.5 cm³/mol. The Balaban J connectivity index is 0.00000256. The van der Waals surface area contributed by atoms with Gasteiger partial charge in [-0.1, -0.05) is 13.8 Å². The van der Waals surface area contributed by atoms with Gasteiger partial charge >= 0.3 is 0 Å². The van der Waals surface area contributed by atoms with Crippen molar-refractivity contribution in [1.82, 2.24) is 4.90 Å². The van der Waals surface area contributed by atoms with Crippen LogP contribution in [0.15, 0.2) is 24.3 Å². The molecule has 0 saturated carbocycles. The van der Waals surface area contributed by atoms with E-state index in [0.717, 1.165) is 37.7 Å². The van der Waals surface area contributed by atoms with Crippen LogP contribution in [0.2, 0.25) is 0 Å². The zero-order chi connectivity index (χ0) is 11.8. The molecule has 0 aliphatic rings. The maximum Gasteiger partial charge on any atom is 0.119 e. The fourth-order valence-corrected chi connectivity index (χ4v) is 1.50. The number of likely N-dealkylation sites (N-methyl/N-ethyl adjacent to an activating group) is 1. The molecule has 0 fully saturated rings. The molecule has 0 bridgehead atoms. The lowest BCUT2D eigenvalue weighted by atomic mass is 10.3. The Morgan fingerprint density at radius 1 is 1.00 bits per heavy atom. The monoisotopic (exact) mass is 259 g/mol. The second-order valence-electron chi connectivity index (χ2n) is 3.55. The van der Waals surface area contributed by atoms with E-state index in [4.69, 9.17) is 9.47 Å². The molecule has 4 heteroatoms. The summed E-state index contributed by atoms with van der Waals surface area (Å²) in [5.41, 5.74) is 0. The lowest BCUT2D eigenvalue weighted by molar-refractivity contribution is 0.222. The van der Waals surface area contributed by atoms with Crippen LogP contribution in [-0.4, -0.2) is 38.3 Å².